The highest BCUT2D eigenvalue weighted by Crippen LogP contribution is 2.34. The molecule has 12 heteroatoms. The van der Waals surface area contributed by atoms with E-state index in [1.54, 1.807) is 29.2 Å². The van der Waals surface area contributed by atoms with Crippen LogP contribution in [-0.4, -0.2) is 81.8 Å². The summed E-state index contributed by atoms with van der Waals surface area (Å²) < 4.78 is 7.59. The number of pyridine rings is 1. The molecule has 4 heterocycles. The van der Waals surface area contributed by atoms with Crippen molar-refractivity contribution >= 4 is 28.5 Å². The van der Waals surface area contributed by atoms with Crippen molar-refractivity contribution in [2.24, 2.45) is 5.73 Å². The van der Waals surface area contributed by atoms with Gasteiger partial charge in [0.2, 0.25) is 5.91 Å². The number of anilines is 1. The van der Waals surface area contributed by atoms with E-state index in [2.05, 4.69) is 58.7 Å². The minimum Gasteiger partial charge on any atom is -0.381 e. The smallest absolute Gasteiger partial charge is 0.254 e. The molecule has 2 amide bonds. The molecule has 0 atom stereocenters. The molecule has 56 heavy (non-hydrogen) atoms. The molecule has 12 nitrogen and oxygen atoms in total. The molecule has 2 fully saturated rings. The van der Waals surface area contributed by atoms with Gasteiger partial charge in [0.1, 0.15) is 0 Å². The standard InChI is InChI=1S/C44H51N9O3/c1-3-40-39(41(49-36-14-20-56-21-15-36)38-26-48-53(4-2)43(38)50-40)29-52(44(55)34-11-6-10-33(24-34)42(46)54)28-31-12-13-35(25-45)37(23-31)32-9-5-8-30(22-32)27-51-18-7-16-47-17-19-51/h5-6,8-13,22-24,26,36,47H,3-4,7,14-21,27-29H2,1-2H3,(H2,46,54)(H,49,50). The predicted molar refractivity (Wildman–Crippen MR) is 218 cm³/mol. The number of amides is 2. The van der Waals surface area contributed by atoms with Crippen molar-refractivity contribution in [1.82, 2.24) is 29.9 Å². The number of hydrogen-bond donors (Lipinski definition) is 3. The molecule has 0 radical (unpaired) electrons. The van der Waals surface area contributed by atoms with Gasteiger partial charge in [-0.1, -0.05) is 37.3 Å². The van der Waals surface area contributed by atoms with Gasteiger partial charge in [-0.15, -0.1) is 0 Å². The quantitative estimate of drug-likeness (QED) is 0.134. The first kappa shape index (κ1) is 38.7. The number of nitrogens with one attached hydrogen (secondary N) is 2. The average molecular weight is 754 g/mol. The Balaban J connectivity index is 1.29. The zero-order chi connectivity index (χ0) is 39.0. The number of fused-ring (bicyclic) bond motifs is 1. The van der Waals surface area contributed by atoms with Crippen molar-refractivity contribution in [3.63, 3.8) is 0 Å². The second kappa shape index (κ2) is 17.9. The molecule has 0 aliphatic carbocycles. The van der Waals surface area contributed by atoms with Crippen molar-refractivity contribution in [3.05, 3.63) is 112 Å². The van der Waals surface area contributed by atoms with Crippen LogP contribution in [0.15, 0.2) is 72.9 Å². The summed E-state index contributed by atoms with van der Waals surface area (Å²) in [6.07, 6.45) is 5.34. The van der Waals surface area contributed by atoms with Gasteiger partial charge in [-0.25, -0.2) is 9.67 Å². The minimum absolute atomic E-state index is 0.187. The van der Waals surface area contributed by atoms with Crippen molar-refractivity contribution in [2.75, 3.05) is 44.7 Å². The zero-order valence-corrected chi connectivity index (χ0v) is 32.4. The molecular weight excluding hydrogens is 703 g/mol. The summed E-state index contributed by atoms with van der Waals surface area (Å²) in [5, 5.41) is 23.1. The lowest BCUT2D eigenvalue weighted by Crippen LogP contribution is -2.33. The van der Waals surface area contributed by atoms with E-state index in [0.717, 1.165) is 96.7 Å². The Bertz CT molecular complexity index is 2230. The lowest BCUT2D eigenvalue weighted by Gasteiger charge is -2.29. The number of nitrogens with zero attached hydrogens (tertiary/aromatic N) is 6. The number of hydrogen-bond acceptors (Lipinski definition) is 9. The van der Waals surface area contributed by atoms with Gasteiger partial charge in [0.15, 0.2) is 5.65 Å². The first-order valence-electron chi connectivity index (χ1n) is 19.8. The molecule has 2 aliphatic heterocycles. The van der Waals surface area contributed by atoms with Gasteiger partial charge in [0.05, 0.1) is 35.4 Å². The third kappa shape index (κ3) is 8.76. The number of primary amides is 1. The fraction of sp³-hybridized carbons (Fsp3) is 0.386. The van der Waals surface area contributed by atoms with Gasteiger partial charge < -0.3 is 26.0 Å². The van der Waals surface area contributed by atoms with Gasteiger partial charge in [-0.05, 0) is 104 Å². The van der Waals surface area contributed by atoms with E-state index in [1.165, 1.54) is 5.56 Å². The van der Waals surface area contributed by atoms with E-state index >= 15 is 0 Å². The number of aryl methyl sites for hydroxylation is 2. The third-order valence-electron chi connectivity index (χ3n) is 10.9. The maximum absolute atomic E-state index is 14.7. The van der Waals surface area contributed by atoms with Crippen LogP contribution in [0.5, 0.6) is 0 Å². The number of nitriles is 1. The van der Waals surface area contributed by atoms with Gasteiger partial charge in [0.25, 0.3) is 5.91 Å². The maximum Gasteiger partial charge on any atom is 0.254 e. The van der Waals surface area contributed by atoms with Crippen LogP contribution in [0.4, 0.5) is 5.69 Å². The number of carbonyl (C=O) groups excluding carboxylic acids is 2. The number of rotatable bonds is 13. The van der Waals surface area contributed by atoms with Gasteiger partial charge in [0, 0.05) is 74.4 Å². The number of ether oxygens (including phenoxy) is 1. The van der Waals surface area contributed by atoms with Crippen LogP contribution in [0.25, 0.3) is 22.2 Å². The Morgan fingerprint density at radius 1 is 1.00 bits per heavy atom. The molecule has 290 valence electrons. The molecule has 0 spiro atoms. The first-order chi connectivity index (χ1) is 27.3. The normalized spacial score (nSPS) is 15.3. The zero-order valence-electron chi connectivity index (χ0n) is 32.4. The van der Waals surface area contributed by atoms with Crippen molar-refractivity contribution in [2.45, 2.75) is 71.8 Å². The highest BCUT2D eigenvalue weighted by molar-refractivity contribution is 5.99. The number of nitrogens with two attached hydrogens (primary N) is 1. The molecule has 5 aromatic rings. The van der Waals surface area contributed by atoms with Crippen LogP contribution in [0.2, 0.25) is 0 Å². The highest BCUT2D eigenvalue weighted by Gasteiger charge is 2.26. The second-order valence-corrected chi connectivity index (χ2v) is 14.7. The molecule has 3 aromatic carbocycles. The van der Waals surface area contributed by atoms with Crippen LogP contribution in [0.3, 0.4) is 0 Å². The largest absolute Gasteiger partial charge is 0.381 e. The number of carbonyl (C=O) groups is 2. The number of aromatic nitrogens is 3. The van der Waals surface area contributed by atoms with Gasteiger partial charge >= 0.3 is 0 Å². The Morgan fingerprint density at radius 3 is 2.61 bits per heavy atom. The molecular formula is C44H51N9O3. The topological polar surface area (TPSA) is 154 Å². The summed E-state index contributed by atoms with van der Waals surface area (Å²) in [6, 6.07) is 23.4. The van der Waals surface area contributed by atoms with Crippen molar-refractivity contribution in [1.29, 1.82) is 5.26 Å². The van der Waals surface area contributed by atoms with Crippen LogP contribution >= 0.6 is 0 Å². The monoisotopic (exact) mass is 753 g/mol. The third-order valence-corrected chi connectivity index (χ3v) is 10.9. The second-order valence-electron chi connectivity index (χ2n) is 14.7. The Hall–Kier alpha value is -5.61. The lowest BCUT2D eigenvalue weighted by atomic mass is 9.96. The minimum atomic E-state index is -0.600. The molecule has 4 N–H and O–H groups in total. The molecule has 0 unspecified atom stereocenters. The SMILES string of the molecule is CCc1nc2c(cnn2CC)c(NC2CCOCC2)c1CN(Cc1ccc(C#N)c(-c2cccc(CN3CCCNCC3)c2)c1)C(=O)c1cccc(C(N)=O)c1. The summed E-state index contributed by atoms with van der Waals surface area (Å²) in [7, 11) is 0. The summed E-state index contributed by atoms with van der Waals surface area (Å²) in [4.78, 5) is 36.3. The summed E-state index contributed by atoms with van der Waals surface area (Å²) in [5.41, 5.74) is 14.2. The van der Waals surface area contributed by atoms with Crippen molar-refractivity contribution < 1.29 is 14.3 Å². The van der Waals surface area contributed by atoms with Crippen LogP contribution in [0.1, 0.15) is 81.8 Å². The van der Waals surface area contributed by atoms with Crippen LogP contribution in [0, 0.1) is 11.3 Å². The Kier molecular flexibility index (Phi) is 12.4. The maximum atomic E-state index is 14.7. The Labute approximate surface area is 328 Å². The average Bonchev–Trinajstić information content (AvgIpc) is 3.47. The van der Waals surface area contributed by atoms with E-state index in [0.29, 0.717) is 37.3 Å². The predicted octanol–water partition coefficient (Wildman–Crippen LogP) is 5.88. The molecule has 2 aromatic heterocycles. The Morgan fingerprint density at radius 2 is 1.82 bits per heavy atom. The summed E-state index contributed by atoms with van der Waals surface area (Å²) in [6.45, 7) is 11.5. The fourth-order valence-corrected chi connectivity index (χ4v) is 7.86. The molecule has 2 saturated heterocycles. The van der Waals surface area contributed by atoms with Gasteiger partial charge in [-0.3, -0.25) is 14.5 Å². The van der Waals surface area contributed by atoms with E-state index in [9.17, 15) is 14.9 Å². The highest BCUT2D eigenvalue weighted by atomic mass is 16.5. The molecule has 7 rings (SSSR count). The molecule has 2 aliphatic rings. The van der Waals surface area contributed by atoms with E-state index in [1.807, 2.05) is 35.1 Å². The lowest BCUT2D eigenvalue weighted by molar-refractivity contribution is 0.0730. The summed E-state index contributed by atoms with van der Waals surface area (Å²) >= 11 is 0. The van der Waals surface area contributed by atoms with Crippen LogP contribution < -0.4 is 16.4 Å². The molecule has 0 bridgehead atoms. The molecule has 0 saturated carbocycles. The van der Waals surface area contributed by atoms with E-state index < -0.39 is 5.91 Å². The van der Waals surface area contributed by atoms with Crippen LogP contribution in [-0.2, 0) is 37.3 Å². The first-order valence-corrected chi connectivity index (χ1v) is 19.8. The van der Waals surface area contributed by atoms with Crippen molar-refractivity contribution in [3.8, 4) is 17.2 Å². The van der Waals surface area contributed by atoms with Gasteiger partial charge in [-0.2, -0.15) is 10.4 Å². The fourth-order valence-electron chi connectivity index (χ4n) is 7.86. The number of benzene rings is 3. The van der Waals surface area contributed by atoms with E-state index in [4.69, 9.17) is 15.5 Å². The van der Waals surface area contributed by atoms with E-state index in [-0.39, 0.29) is 30.6 Å². The summed E-state index contributed by atoms with van der Waals surface area (Å²) in [5.74, 6) is -0.854.